The largest absolute Gasteiger partial charge is 0.463 e. The van der Waals surface area contributed by atoms with Crippen LogP contribution in [-0.2, 0) is 14.3 Å². The lowest BCUT2D eigenvalue weighted by Crippen LogP contribution is -2.35. The Morgan fingerprint density at radius 3 is 2.89 bits per heavy atom. The molecule has 1 heterocycles. The summed E-state index contributed by atoms with van der Waals surface area (Å²) in [7, 11) is 0. The van der Waals surface area contributed by atoms with Crippen LogP contribution in [0.2, 0.25) is 0 Å². The zero-order valence-corrected chi connectivity index (χ0v) is 11.5. The second kappa shape index (κ2) is 10.5. The number of carbonyl (C=O) groups is 1. The second-order valence-electron chi connectivity index (χ2n) is 4.23. The average Bonchev–Trinajstić information content (AvgIpc) is 2.43. The lowest BCUT2D eigenvalue weighted by Gasteiger charge is -2.22. The van der Waals surface area contributed by atoms with Crippen LogP contribution in [0.3, 0.4) is 0 Å². The standard InChI is InChI=1S/C15H23NO3/c1-2-18-15(17)10-6-4-3-5-7-12-19-14-9-8-11-16-13-14/h3-7,10,14,16H,2,8-9,11-13H2,1H3/b4-3+,7-5+,10-6+/t14-/m1/s1. The molecule has 0 aromatic rings. The van der Waals surface area contributed by atoms with Gasteiger partial charge < -0.3 is 14.8 Å². The van der Waals surface area contributed by atoms with Crippen molar-refractivity contribution in [3.63, 3.8) is 0 Å². The van der Waals surface area contributed by atoms with Crippen molar-refractivity contribution in [1.29, 1.82) is 0 Å². The quantitative estimate of drug-likeness (QED) is 0.434. The molecule has 0 aromatic heterocycles. The molecular formula is C15H23NO3. The molecule has 0 amide bonds. The number of hydrogen-bond donors (Lipinski definition) is 1. The van der Waals surface area contributed by atoms with E-state index in [4.69, 9.17) is 9.47 Å². The molecule has 1 N–H and O–H groups in total. The monoisotopic (exact) mass is 265 g/mol. The van der Waals surface area contributed by atoms with E-state index in [0.29, 0.717) is 19.3 Å². The molecular weight excluding hydrogens is 242 g/mol. The van der Waals surface area contributed by atoms with Gasteiger partial charge in [-0.25, -0.2) is 4.79 Å². The topological polar surface area (TPSA) is 47.6 Å². The van der Waals surface area contributed by atoms with Crippen LogP contribution in [0.5, 0.6) is 0 Å². The molecule has 19 heavy (non-hydrogen) atoms. The summed E-state index contributed by atoms with van der Waals surface area (Å²) in [5, 5.41) is 3.31. The lowest BCUT2D eigenvalue weighted by molar-refractivity contribution is -0.137. The Kier molecular flexibility index (Phi) is 8.68. The van der Waals surface area contributed by atoms with Gasteiger partial charge in [0.15, 0.2) is 0 Å². The van der Waals surface area contributed by atoms with Crippen molar-refractivity contribution in [2.24, 2.45) is 0 Å². The first-order chi connectivity index (χ1) is 9.33. The highest BCUT2D eigenvalue weighted by molar-refractivity contribution is 5.82. The molecule has 0 saturated carbocycles. The van der Waals surface area contributed by atoms with Crippen molar-refractivity contribution < 1.29 is 14.3 Å². The third-order valence-corrected chi connectivity index (χ3v) is 2.67. The Balaban J connectivity index is 2.07. The normalized spacial score (nSPS) is 20.6. The Labute approximate surface area is 115 Å². The smallest absolute Gasteiger partial charge is 0.330 e. The van der Waals surface area contributed by atoms with Gasteiger partial charge in [-0.05, 0) is 26.3 Å². The molecule has 0 aromatic carbocycles. The Bertz CT molecular complexity index is 328. The Morgan fingerprint density at radius 1 is 1.32 bits per heavy atom. The maximum Gasteiger partial charge on any atom is 0.330 e. The molecule has 0 unspecified atom stereocenters. The highest BCUT2D eigenvalue weighted by Crippen LogP contribution is 2.05. The fourth-order valence-electron chi connectivity index (χ4n) is 1.74. The van der Waals surface area contributed by atoms with Crippen molar-refractivity contribution in [3.05, 3.63) is 36.5 Å². The maximum absolute atomic E-state index is 11.0. The van der Waals surface area contributed by atoms with Crippen LogP contribution in [0.15, 0.2) is 36.5 Å². The Hall–Kier alpha value is -1.39. The summed E-state index contributed by atoms with van der Waals surface area (Å²) in [6.45, 7) is 4.86. The molecule has 4 heteroatoms. The molecule has 1 rings (SSSR count). The zero-order valence-electron chi connectivity index (χ0n) is 11.5. The molecule has 4 nitrogen and oxygen atoms in total. The summed E-state index contributed by atoms with van der Waals surface area (Å²) >= 11 is 0. The first-order valence-electron chi connectivity index (χ1n) is 6.82. The number of hydrogen-bond acceptors (Lipinski definition) is 4. The van der Waals surface area contributed by atoms with Crippen molar-refractivity contribution in [1.82, 2.24) is 5.32 Å². The molecule has 0 aliphatic carbocycles. The molecule has 106 valence electrons. The third-order valence-electron chi connectivity index (χ3n) is 2.67. The predicted molar refractivity (Wildman–Crippen MR) is 75.9 cm³/mol. The van der Waals surface area contributed by atoms with E-state index in [0.717, 1.165) is 19.5 Å². The predicted octanol–water partition coefficient (Wildman–Crippen LogP) is 1.99. The van der Waals surface area contributed by atoms with Crippen molar-refractivity contribution in [3.8, 4) is 0 Å². The first-order valence-corrected chi connectivity index (χ1v) is 6.82. The lowest BCUT2D eigenvalue weighted by atomic mass is 10.1. The summed E-state index contributed by atoms with van der Waals surface area (Å²) in [6, 6.07) is 0. The van der Waals surface area contributed by atoms with Crippen LogP contribution >= 0.6 is 0 Å². The minimum absolute atomic E-state index is 0.315. The number of allylic oxidation sites excluding steroid dienone is 4. The van der Waals surface area contributed by atoms with Crippen LogP contribution in [-0.4, -0.2) is 38.4 Å². The van der Waals surface area contributed by atoms with E-state index in [2.05, 4.69) is 5.32 Å². The van der Waals surface area contributed by atoms with Crippen molar-refractivity contribution >= 4 is 5.97 Å². The number of rotatable bonds is 7. The van der Waals surface area contributed by atoms with Gasteiger partial charge in [0.1, 0.15) is 0 Å². The summed E-state index contributed by atoms with van der Waals surface area (Å²) < 4.78 is 10.4. The minimum atomic E-state index is -0.315. The van der Waals surface area contributed by atoms with Crippen LogP contribution in [0, 0.1) is 0 Å². The van der Waals surface area contributed by atoms with Crippen molar-refractivity contribution in [2.45, 2.75) is 25.9 Å². The average molecular weight is 265 g/mol. The fraction of sp³-hybridized carbons (Fsp3) is 0.533. The highest BCUT2D eigenvalue weighted by Gasteiger charge is 2.11. The van der Waals surface area contributed by atoms with E-state index in [1.165, 1.54) is 12.5 Å². The molecule has 1 aliphatic rings. The molecule has 0 spiro atoms. The van der Waals surface area contributed by atoms with Gasteiger partial charge in [-0.1, -0.05) is 30.4 Å². The van der Waals surface area contributed by atoms with Crippen LogP contribution < -0.4 is 5.32 Å². The van der Waals surface area contributed by atoms with Gasteiger partial charge in [0, 0.05) is 12.6 Å². The number of carbonyl (C=O) groups excluding carboxylic acids is 1. The van der Waals surface area contributed by atoms with E-state index in [1.54, 1.807) is 19.1 Å². The van der Waals surface area contributed by atoms with Crippen LogP contribution in [0.1, 0.15) is 19.8 Å². The van der Waals surface area contributed by atoms with Gasteiger partial charge in [-0.3, -0.25) is 0 Å². The van der Waals surface area contributed by atoms with Gasteiger partial charge in [-0.2, -0.15) is 0 Å². The van der Waals surface area contributed by atoms with E-state index in [9.17, 15) is 4.79 Å². The Morgan fingerprint density at radius 2 is 2.16 bits per heavy atom. The number of esters is 1. The van der Waals surface area contributed by atoms with Crippen LogP contribution in [0.25, 0.3) is 0 Å². The third kappa shape index (κ3) is 8.35. The molecule has 0 bridgehead atoms. The van der Waals surface area contributed by atoms with E-state index in [-0.39, 0.29) is 5.97 Å². The molecule has 0 radical (unpaired) electrons. The van der Waals surface area contributed by atoms with E-state index < -0.39 is 0 Å². The first kappa shape index (κ1) is 15.7. The minimum Gasteiger partial charge on any atom is -0.463 e. The van der Waals surface area contributed by atoms with Gasteiger partial charge in [0.25, 0.3) is 0 Å². The summed E-state index contributed by atoms with van der Waals surface area (Å²) in [5.41, 5.74) is 0. The van der Waals surface area contributed by atoms with Gasteiger partial charge in [0.05, 0.1) is 19.3 Å². The number of nitrogens with one attached hydrogen (secondary N) is 1. The molecule has 1 atom stereocenters. The molecule has 1 aliphatic heterocycles. The molecule has 1 saturated heterocycles. The SMILES string of the molecule is CCOC(=O)/C=C/C=C/C=C/CO[C@@H]1CCCNC1. The fourth-order valence-corrected chi connectivity index (χ4v) is 1.74. The van der Waals surface area contributed by atoms with Gasteiger partial charge >= 0.3 is 5.97 Å². The van der Waals surface area contributed by atoms with Crippen LogP contribution in [0.4, 0.5) is 0 Å². The maximum atomic E-state index is 11.0. The number of piperidine rings is 1. The summed E-state index contributed by atoms with van der Waals surface area (Å²) in [4.78, 5) is 11.0. The summed E-state index contributed by atoms with van der Waals surface area (Å²) in [5.74, 6) is -0.315. The van der Waals surface area contributed by atoms with Crippen molar-refractivity contribution in [2.75, 3.05) is 26.3 Å². The summed E-state index contributed by atoms with van der Waals surface area (Å²) in [6.07, 6.45) is 13.2. The number of ether oxygens (including phenoxy) is 2. The second-order valence-corrected chi connectivity index (χ2v) is 4.23. The van der Waals surface area contributed by atoms with E-state index in [1.807, 2.05) is 18.2 Å². The highest BCUT2D eigenvalue weighted by atomic mass is 16.5. The van der Waals surface area contributed by atoms with E-state index >= 15 is 0 Å². The van der Waals surface area contributed by atoms with Gasteiger partial charge in [0.2, 0.25) is 0 Å². The molecule has 1 fully saturated rings. The van der Waals surface area contributed by atoms with Gasteiger partial charge in [-0.15, -0.1) is 0 Å². The zero-order chi connectivity index (χ0) is 13.8.